The van der Waals surface area contributed by atoms with Crippen LogP contribution in [0.25, 0.3) is 0 Å². The Kier molecular flexibility index (Phi) is 16.4. The van der Waals surface area contributed by atoms with Crippen molar-refractivity contribution in [1.29, 1.82) is 0 Å². The Morgan fingerprint density at radius 3 is 2.21 bits per heavy atom. The third-order valence-electron chi connectivity index (χ3n) is 2.68. The van der Waals surface area contributed by atoms with E-state index in [0.717, 1.165) is 12.8 Å². The summed E-state index contributed by atoms with van der Waals surface area (Å²) >= 11 is 0. The number of primary amides is 1. The summed E-state index contributed by atoms with van der Waals surface area (Å²) in [5.74, 6) is 0.484. The van der Waals surface area contributed by atoms with Crippen LogP contribution < -0.4 is 5.73 Å². The predicted molar refractivity (Wildman–Crippen MR) is 73.6 cm³/mol. The molecule has 0 saturated carbocycles. The average molecular weight is 279 g/mol. The molecule has 0 heterocycles. The van der Waals surface area contributed by atoms with Gasteiger partial charge in [0.15, 0.2) is 0 Å². The highest BCUT2D eigenvalue weighted by Crippen LogP contribution is 2.12. The van der Waals surface area contributed by atoms with E-state index in [0.29, 0.717) is 12.5 Å². The summed E-state index contributed by atoms with van der Waals surface area (Å²) in [7, 11) is 0. The number of rotatable bonds is 9. The van der Waals surface area contributed by atoms with Crippen molar-refractivity contribution >= 4 is 6.09 Å². The molecule has 0 bridgehead atoms. The van der Waals surface area contributed by atoms with Gasteiger partial charge in [0.25, 0.3) is 0 Å². The fourth-order valence-corrected chi connectivity index (χ4v) is 1.34. The van der Waals surface area contributed by atoms with E-state index in [-0.39, 0.29) is 19.6 Å². The van der Waals surface area contributed by atoms with Crippen LogP contribution in [0.4, 0.5) is 4.79 Å². The highest BCUT2D eigenvalue weighted by Gasteiger charge is 2.07. The van der Waals surface area contributed by atoms with Crippen LogP contribution >= 0.6 is 0 Å². The van der Waals surface area contributed by atoms with Gasteiger partial charge >= 0.3 is 6.09 Å². The standard InChI is InChI=1S/C9H19NO2.C4H10O3/c1-3-5-6-8(4-2)7-12-9(10)11;5-2-1-4(7)3-6/h8H,3-7H2,1-2H3,(H2,10,11);4-7H,1-3H2. The lowest BCUT2D eigenvalue weighted by atomic mass is 10.0. The van der Waals surface area contributed by atoms with Crippen LogP contribution in [0, 0.1) is 5.92 Å². The molecule has 0 aromatic rings. The SMILES string of the molecule is CCCCC(CC)COC(N)=O.OCCC(O)CO. The number of ether oxygens (including phenoxy) is 1. The largest absolute Gasteiger partial charge is 0.449 e. The van der Waals surface area contributed by atoms with E-state index in [1.807, 2.05) is 0 Å². The van der Waals surface area contributed by atoms with E-state index in [4.69, 9.17) is 25.8 Å². The molecule has 116 valence electrons. The van der Waals surface area contributed by atoms with Gasteiger partial charge in [0.1, 0.15) is 0 Å². The first kappa shape index (κ1) is 20.5. The van der Waals surface area contributed by atoms with Crippen molar-refractivity contribution < 1.29 is 24.9 Å². The minimum absolute atomic E-state index is 0.0677. The van der Waals surface area contributed by atoms with Crippen LogP contribution in [0.2, 0.25) is 0 Å². The minimum Gasteiger partial charge on any atom is -0.449 e. The van der Waals surface area contributed by atoms with Crippen molar-refractivity contribution in [2.75, 3.05) is 19.8 Å². The van der Waals surface area contributed by atoms with Crippen molar-refractivity contribution in [1.82, 2.24) is 0 Å². The number of carbonyl (C=O) groups excluding carboxylic acids is 1. The van der Waals surface area contributed by atoms with E-state index in [9.17, 15) is 4.79 Å². The van der Waals surface area contributed by atoms with Crippen molar-refractivity contribution in [3.63, 3.8) is 0 Å². The van der Waals surface area contributed by atoms with Gasteiger partial charge in [-0.3, -0.25) is 0 Å². The number of aliphatic hydroxyl groups is 3. The van der Waals surface area contributed by atoms with Crippen LogP contribution in [0.15, 0.2) is 0 Å². The molecule has 0 aromatic heterocycles. The zero-order chi connectivity index (χ0) is 15.1. The molecule has 0 radical (unpaired) electrons. The number of amides is 1. The normalized spacial score (nSPS) is 13.1. The molecule has 0 aromatic carbocycles. The van der Waals surface area contributed by atoms with Gasteiger partial charge in [-0.2, -0.15) is 0 Å². The van der Waals surface area contributed by atoms with E-state index in [1.54, 1.807) is 0 Å². The van der Waals surface area contributed by atoms with E-state index in [1.165, 1.54) is 12.8 Å². The summed E-state index contributed by atoms with van der Waals surface area (Å²) in [6, 6.07) is 0. The first-order valence-corrected chi connectivity index (χ1v) is 6.83. The van der Waals surface area contributed by atoms with Gasteiger partial charge in [-0.05, 0) is 18.8 Å². The summed E-state index contributed by atoms with van der Waals surface area (Å²) < 4.78 is 4.73. The van der Waals surface area contributed by atoms with Crippen LogP contribution in [-0.4, -0.2) is 47.3 Å². The highest BCUT2D eigenvalue weighted by atomic mass is 16.5. The van der Waals surface area contributed by atoms with Gasteiger partial charge in [-0.15, -0.1) is 0 Å². The van der Waals surface area contributed by atoms with Gasteiger partial charge in [0, 0.05) is 6.61 Å². The topological polar surface area (TPSA) is 113 Å². The molecule has 0 spiro atoms. The second-order valence-corrected chi connectivity index (χ2v) is 4.40. The predicted octanol–water partition coefficient (Wildman–Crippen LogP) is 1.02. The molecule has 0 saturated heterocycles. The minimum atomic E-state index is -0.745. The van der Waals surface area contributed by atoms with Crippen molar-refractivity contribution in [3.05, 3.63) is 0 Å². The second-order valence-electron chi connectivity index (χ2n) is 4.40. The first-order valence-electron chi connectivity index (χ1n) is 6.83. The Bertz CT molecular complexity index is 201. The molecular weight excluding hydrogens is 250 g/mol. The molecule has 0 aliphatic carbocycles. The fraction of sp³-hybridized carbons (Fsp3) is 0.923. The summed E-state index contributed by atoms with van der Waals surface area (Å²) in [4.78, 5) is 10.3. The third kappa shape index (κ3) is 17.1. The van der Waals surface area contributed by atoms with Crippen molar-refractivity contribution in [2.24, 2.45) is 11.7 Å². The number of aliphatic hydroxyl groups excluding tert-OH is 3. The lowest BCUT2D eigenvalue weighted by Gasteiger charge is -2.12. The fourth-order valence-electron chi connectivity index (χ4n) is 1.34. The molecule has 2 atom stereocenters. The summed E-state index contributed by atoms with van der Waals surface area (Å²) in [5.41, 5.74) is 4.86. The van der Waals surface area contributed by atoms with Gasteiger partial charge in [0.2, 0.25) is 0 Å². The molecule has 19 heavy (non-hydrogen) atoms. The quantitative estimate of drug-likeness (QED) is 0.503. The molecule has 6 heteroatoms. The number of nitrogens with two attached hydrogens (primary N) is 1. The summed E-state index contributed by atoms with van der Waals surface area (Å²) in [6.07, 6.45) is 3.41. The zero-order valence-corrected chi connectivity index (χ0v) is 12.0. The third-order valence-corrected chi connectivity index (χ3v) is 2.68. The molecular formula is C13H29NO5. The molecule has 1 amide bonds. The van der Waals surface area contributed by atoms with Gasteiger partial charge in [0.05, 0.1) is 19.3 Å². The van der Waals surface area contributed by atoms with Crippen molar-refractivity contribution in [3.8, 4) is 0 Å². The molecule has 0 rings (SSSR count). The molecule has 2 unspecified atom stereocenters. The lowest BCUT2D eigenvalue weighted by molar-refractivity contribution is 0.0721. The van der Waals surface area contributed by atoms with E-state index >= 15 is 0 Å². The molecule has 0 aliphatic rings. The molecule has 5 N–H and O–H groups in total. The average Bonchev–Trinajstić information content (AvgIpc) is 2.39. The van der Waals surface area contributed by atoms with Gasteiger partial charge in [-0.1, -0.05) is 33.1 Å². The maximum absolute atomic E-state index is 10.3. The van der Waals surface area contributed by atoms with Crippen molar-refractivity contribution in [2.45, 2.75) is 52.1 Å². The Labute approximate surface area is 115 Å². The molecule has 0 fully saturated rings. The number of unbranched alkanes of at least 4 members (excludes halogenated alkanes) is 1. The Hall–Kier alpha value is -0.850. The van der Waals surface area contributed by atoms with E-state index < -0.39 is 12.2 Å². The van der Waals surface area contributed by atoms with E-state index in [2.05, 4.69) is 13.8 Å². The maximum atomic E-state index is 10.3. The first-order chi connectivity index (χ1) is 9.01. The highest BCUT2D eigenvalue weighted by molar-refractivity contribution is 5.64. The number of hydrogen-bond donors (Lipinski definition) is 4. The van der Waals surface area contributed by atoms with Crippen LogP contribution in [0.1, 0.15) is 46.0 Å². The van der Waals surface area contributed by atoms with Crippen LogP contribution in [-0.2, 0) is 4.74 Å². The zero-order valence-electron chi connectivity index (χ0n) is 12.0. The Morgan fingerprint density at radius 1 is 1.26 bits per heavy atom. The number of carbonyl (C=O) groups is 1. The number of hydrogen-bond acceptors (Lipinski definition) is 5. The van der Waals surface area contributed by atoms with Gasteiger partial charge < -0.3 is 25.8 Å². The smallest absolute Gasteiger partial charge is 0.404 e. The van der Waals surface area contributed by atoms with Gasteiger partial charge in [-0.25, -0.2) is 4.79 Å². The van der Waals surface area contributed by atoms with Crippen LogP contribution in [0.3, 0.4) is 0 Å². The molecule has 6 nitrogen and oxygen atoms in total. The Balaban J connectivity index is 0. The summed E-state index contributed by atoms with van der Waals surface area (Å²) in [6.45, 7) is 4.40. The second kappa shape index (κ2) is 15.2. The molecule has 0 aliphatic heterocycles. The summed E-state index contributed by atoms with van der Waals surface area (Å²) in [5, 5.41) is 24.6. The monoisotopic (exact) mass is 279 g/mol. The maximum Gasteiger partial charge on any atom is 0.404 e. The van der Waals surface area contributed by atoms with Crippen LogP contribution in [0.5, 0.6) is 0 Å². The lowest BCUT2D eigenvalue weighted by Crippen LogP contribution is -2.18. The Morgan fingerprint density at radius 2 is 1.89 bits per heavy atom.